The van der Waals surface area contributed by atoms with Crippen LogP contribution < -0.4 is 10.1 Å². The first kappa shape index (κ1) is 15.4. The molecule has 0 fully saturated rings. The minimum Gasteiger partial charge on any atom is -0.508 e. The molecule has 3 nitrogen and oxygen atoms in total. The summed E-state index contributed by atoms with van der Waals surface area (Å²) in [6.07, 6.45) is 0. The van der Waals surface area contributed by atoms with E-state index in [0.29, 0.717) is 12.4 Å². The Morgan fingerprint density at radius 1 is 1.19 bits per heavy atom. The van der Waals surface area contributed by atoms with E-state index in [1.165, 1.54) is 5.56 Å². The van der Waals surface area contributed by atoms with Gasteiger partial charge in [0.05, 0.1) is 6.61 Å². The Labute approximate surface area is 126 Å². The third kappa shape index (κ3) is 4.23. The molecule has 0 saturated carbocycles. The van der Waals surface area contributed by atoms with Gasteiger partial charge in [-0.25, -0.2) is 0 Å². The molecular formula is C18H23NO2. The van der Waals surface area contributed by atoms with Gasteiger partial charge in [0.15, 0.2) is 0 Å². The largest absolute Gasteiger partial charge is 0.508 e. The van der Waals surface area contributed by atoms with Crippen molar-refractivity contribution < 1.29 is 9.84 Å². The van der Waals surface area contributed by atoms with Crippen LogP contribution in [0.1, 0.15) is 36.6 Å². The van der Waals surface area contributed by atoms with Crippen LogP contribution in [0.4, 0.5) is 0 Å². The molecule has 0 aliphatic heterocycles. The van der Waals surface area contributed by atoms with Gasteiger partial charge in [-0.3, -0.25) is 0 Å². The van der Waals surface area contributed by atoms with Crippen LogP contribution in [0, 0.1) is 6.92 Å². The van der Waals surface area contributed by atoms with Crippen LogP contribution >= 0.6 is 0 Å². The highest BCUT2D eigenvalue weighted by Gasteiger charge is 2.10. The maximum Gasteiger partial charge on any atom is 0.120 e. The first-order chi connectivity index (χ1) is 10.1. The molecular weight excluding hydrogens is 262 g/mol. The molecule has 0 heterocycles. The SMILES string of the molecule is CCOc1cccc(CNC(C)c2ccc(C)cc2O)c1. The monoisotopic (exact) mass is 285 g/mol. The Morgan fingerprint density at radius 3 is 2.71 bits per heavy atom. The van der Waals surface area contributed by atoms with E-state index in [0.717, 1.165) is 23.4 Å². The smallest absolute Gasteiger partial charge is 0.120 e. The Balaban J connectivity index is 2.00. The van der Waals surface area contributed by atoms with Crippen molar-refractivity contribution in [1.29, 1.82) is 0 Å². The number of nitrogens with one attached hydrogen (secondary N) is 1. The van der Waals surface area contributed by atoms with Crippen molar-refractivity contribution in [2.75, 3.05) is 6.61 Å². The van der Waals surface area contributed by atoms with Crippen molar-refractivity contribution in [3.63, 3.8) is 0 Å². The molecule has 0 aromatic heterocycles. The van der Waals surface area contributed by atoms with Crippen molar-refractivity contribution in [3.05, 3.63) is 59.2 Å². The lowest BCUT2D eigenvalue weighted by Crippen LogP contribution is -2.18. The third-order valence-electron chi connectivity index (χ3n) is 3.47. The Morgan fingerprint density at radius 2 is 2.00 bits per heavy atom. The Bertz CT molecular complexity index is 596. The van der Waals surface area contributed by atoms with Crippen LogP contribution in [0.15, 0.2) is 42.5 Å². The van der Waals surface area contributed by atoms with Crippen LogP contribution in [0.3, 0.4) is 0 Å². The number of phenols is 1. The first-order valence-electron chi connectivity index (χ1n) is 7.34. The van der Waals surface area contributed by atoms with E-state index >= 15 is 0 Å². The fourth-order valence-corrected chi connectivity index (χ4v) is 2.31. The zero-order chi connectivity index (χ0) is 15.2. The molecule has 0 amide bonds. The van der Waals surface area contributed by atoms with E-state index in [4.69, 9.17) is 4.74 Å². The summed E-state index contributed by atoms with van der Waals surface area (Å²) >= 11 is 0. The van der Waals surface area contributed by atoms with E-state index in [1.807, 2.05) is 44.2 Å². The molecule has 2 aromatic rings. The lowest BCUT2D eigenvalue weighted by Gasteiger charge is -2.16. The topological polar surface area (TPSA) is 41.5 Å². The molecule has 112 valence electrons. The molecule has 2 rings (SSSR count). The summed E-state index contributed by atoms with van der Waals surface area (Å²) in [6.45, 7) is 7.41. The van der Waals surface area contributed by atoms with Gasteiger partial charge >= 0.3 is 0 Å². The van der Waals surface area contributed by atoms with Gasteiger partial charge in [0.1, 0.15) is 11.5 Å². The maximum absolute atomic E-state index is 10.0. The molecule has 1 atom stereocenters. The van der Waals surface area contributed by atoms with Crippen LogP contribution in [0.5, 0.6) is 11.5 Å². The lowest BCUT2D eigenvalue weighted by molar-refractivity contribution is 0.339. The average Bonchev–Trinajstić information content (AvgIpc) is 2.45. The molecule has 1 unspecified atom stereocenters. The summed E-state index contributed by atoms with van der Waals surface area (Å²) < 4.78 is 5.50. The number of hydrogen-bond acceptors (Lipinski definition) is 3. The molecule has 2 N–H and O–H groups in total. The van der Waals surface area contributed by atoms with E-state index in [1.54, 1.807) is 6.07 Å². The highest BCUT2D eigenvalue weighted by Crippen LogP contribution is 2.25. The van der Waals surface area contributed by atoms with E-state index < -0.39 is 0 Å². The molecule has 0 bridgehead atoms. The predicted octanol–water partition coefficient (Wildman–Crippen LogP) is 3.95. The third-order valence-corrected chi connectivity index (χ3v) is 3.47. The first-order valence-corrected chi connectivity index (χ1v) is 7.34. The van der Waals surface area contributed by atoms with Crippen molar-refractivity contribution in [1.82, 2.24) is 5.32 Å². The number of rotatable bonds is 6. The maximum atomic E-state index is 10.0. The summed E-state index contributed by atoms with van der Waals surface area (Å²) in [5.41, 5.74) is 3.15. The summed E-state index contributed by atoms with van der Waals surface area (Å²) in [5, 5.41) is 13.4. The number of aromatic hydroxyl groups is 1. The van der Waals surface area contributed by atoms with Crippen LogP contribution in [0.2, 0.25) is 0 Å². The zero-order valence-corrected chi connectivity index (χ0v) is 12.9. The standard InChI is InChI=1S/C18H23NO2/c1-4-21-16-7-5-6-15(11-16)12-19-14(3)17-9-8-13(2)10-18(17)20/h5-11,14,19-20H,4,12H2,1-3H3. The van der Waals surface area contributed by atoms with Gasteiger partial charge in [0.2, 0.25) is 0 Å². The van der Waals surface area contributed by atoms with Crippen molar-refractivity contribution in [3.8, 4) is 11.5 Å². The lowest BCUT2D eigenvalue weighted by atomic mass is 10.0. The second-order valence-corrected chi connectivity index (χ2v) is 5.25. The van der Waals surface area contributed by atoms with Gasteiger partial charge < -0.3 is 15.2 Å². The summed E-state index contributed by atoms with van der Waals surface area (Å²) in [6, 6.07) is 13.9. The van der Waals surface area contributed by atoms with Gasteiger partial charge in [0.25, 0.3) is 0 Å². The molecule has 0 aliphatic rings. The Hall–Kier alpha value is -2.00. The fraction of sp³-hybridized carbons (Fsp3) is 0.333. The minimum atomic E-state index is 0.0846. The second-order valence-electron chi connectivity index (χ2n) is 5.25. The quantitative estimate of drug-likeness (QED) is 0.844. The van der Waals surface area contributed by atoms with Gasteiger partial charge in [-0.15, -0.1) is 0 Å². The van der Waals surface area contributed by atoms with Gasteiger partial charge in [-0.2, -0.15) is 0 Å². The van der Waals surface area contributed by atoms with Crippen molar-refractivity contribution in [2.24, 2.45) is 0 Å². The molecule has 0 radical (unpaired) electrons. The van der Waals surface area contributed by atoms with Crippen LogP contribution in [-0.4, -0.2) is 11.7 Å². The van der Waals surface area contributed by atoms with E-state index in [9.17, 15) is 5.11 Å². The number of ether oxygens (including phenoxy) is 1. The second kappa shape index (κ2) is 7.14. The summed E-state index contributed by atoms with van der Waals surface area (Å²) in [5.74, 6) is 1.24. The molecule has 21 heavy (non-hydrogen) atoms. The normalized spacial score (nSPS) is 12.1. The fourth-order valence-electron chi connectivity index (χ4n) is 2.31. The number of hydrogen-bond donors (Lipinski definition) is 2. The molecule has 2 aromatic carbocycles. The van der Waals surface area contributed by atoms with Gasteiger partial charge in [-0.05, 0) is 50.1 Å². The van der Waals surface area contributed by atoms with Gasteiger partial charge in [0, 0.05) is 18.2 Å². The Kier molecular flexibility index (Phi) is 5.23. The van der Waals surface area contributed by atoms with Crippen molar-refractivity contribution in [2.45, 2.75) is 33.4 Å². The predicted molar refractivity (Wildman–Crippen MR) is 85.7 cm³/mol. The van der Waals surface area contributed by atoms with Crippen LogP contribution in [0.25, 0.3) is 0 Å². The molecule has 0 aliphatic carbocycles. The summed E-state index contributed by atoms with van der Waals surface area (Å²) in [7, 11) is 0. The summed E-state index contributed by atoms with van der Waals surface area (Å²) in [4.78, 5) is 0. The molecule has 0 saturated heterocycles. The van der Waals surface area contributed by atoms with E-state index in [-0.39, 0.29) is 6.04 Å². The average molecular weight is 285 g/mol. The van der Waals surface area contributed by atoms with Crippen LogP contribution in [-0.2, 0) is 6.54 Å². The number of aryl methyl sites for hydroxylation is 1. The minimum absolute atomic E-state index is 0.0846. The molecule has 3 heteroatoms. The number of phenolic OH excluding ortho intramolecular Hbond substituents is 1. The van der Waals surface area contributed by atoms with E-state index in [2.05, 4.69) is 18.3 Å². The number of benzene rings is 2. The van der Waals surface area contributed by atoms with Crippen molar-refractivity contribution >= 4 is 0 Å². The highest BCUT2D eigenvalue weighted by molar-refractivity contribution is 5.38. The molecule has 0 spiro atoms. The highest BCUT2D eigenvalue weighted by atomic mass is 16.5. The van der Waals surface area contributed by atoms with Gasteiger partial charge in [-0.1, -0.05) is 24.3 Å². The zero-order valence-electron chi connectivity index (χ0n) is 12.9.